The number of nitrogens with one attached hydrogen (secondary N) is 2. The van der Waals surface area contributed by atoms with Crippen molar-refractivity contribution >= 4 is 32.4 Å². The molecule has 19 heavy (non-hydrogen) atoms. The number of halogens is 1. The van der Waals surface area contributed by atoms with Gasteiger partial charge in [0.25, 0.3) is 3.91 Å². The van der Waals surface area contributed by atoms with Gasteiger partial charge in [0.05, 0.1) is 19.8 Å². The highest BCUT2D eigenvalue weighted by Crippen LogP contribution is 2.24. The Kier molecular flexibility index (Phi) is 9.10. The molecule has 0 atom stereocenters. The van der Waals surface area contributed by atoms with Gasteiger partial charge in [-0.05, 0) is 18.8 Å². The van der Waals surface area contributed by atoms with Crippen molar-refractivity contribution in [3.8, 4) is 0 Å². The molecule has 6 nitrogen and oxygen atoms in total. The molecule has 110 valence electrons. The summed E-state index contributed by atoms with van der Waals surface area (Å²) in [6.45, 7) is 2.60. The average molecular weight is 384 g/mol. The van der Waals surface area contributed by atoms with E-state index in [2.05, 4.69) is 10.6 Å². The maximum absolute atomic E-state index is 11.4. The standard InChI is InChI=1S/C12H21IN2O4/c13-12(17)14-4-5-18-6-7-19-9-11(16)15-8-10-2-1-3-10/h10H,1-9H2,(H,14,17)(H,15,16). The molecule has 2 N–H and O–H groups in total. The first-order chi connectivity index (χ1) is 9.18. The van der Waals surface area contributed by atoms with Gasteiger partial charge in [0.2, 0.25) is 5.91 Å². The largest absolute Gasteiger partial charge is 0.377 e. The van der Waals surface area contributed by atoms with Gasteiger partial charge in [0.1, 0.15) is 6.61 Å². The van der Waals surface area contributed by atoms with Crippen molar-refractivity contribution in [2.45, 2.75) is 19.3 Å². The molecule has 1 aliphatic rings. The number of carbonyl (C=O) groups excluding carboxylic acids is 2. The fourth-order valence-electron chi connectivity index (χ4n) is 1.61. The summed E-state index contributed by atoms with van der Waals surface area (Å²) in [6, 6.07) is 0. The quantitative estimate of drug-likeness (QED) is 0.256. The molecule has 0 heterocycles. The van der Waals surface area contributed by atoms with Crippen molar-refractivity contribution in [2.75, 3.05) is 39.5 Å². The molecular formula is C12H21IN2O4. The van der Waals surface area contributed by atoms with Gasteiger partial charge in [0.15, 0.2) is 0 Å². The number of amides is 2. The second-order valence-electron chi connectivity index (χ2n) is 4.47. The van der Waals surface area contributed by atoms with Gasteiger partial charge in [-0.2, -0.15) is 0 Å². The first kappa shape index (κ1) is 16.6. The monoisotopic (exact) mass is 384 g/mol. The second-order valence-corrected chi connectivity index (χ2v) is 5.45. The van der Waals surface area contributed by atoms with Gasteiger partial charge in [-0.15, -0.1) is 0 Å². The topological polar surface area (TPSA) is 76.7 Å². The number of rotatable bonds is 10. The van der Waals surface area contributed by atoms with Crippen molar-refractivity contribution in [1.29, 1.82) is 0 Å². The minimum Gasteiger partial charge on any atom is -0.377 e. The lowest BCUT2D eigenvalue weighted by atomic mass is 9.85. The summed E-state index contributed by atoms with van der Waals surface area (Å²) in [5.41, 5.74) is 0. The molecule has 0 radical (unpaired) electrons. The number of hydrogen-bond donors (Lipinski definition) is 2. The molecule has 0 aromatic heterocycles. The molecule has 1 saturated carbocycles. The minimum absolute atomic E-state index is 0.0657. The summed E-state index contributed by atoms with van der Waals surface area (Å²) in [6.07, 6.45) is 3.73. The van der Waals surface area contributed by atoms with E-state index in [1.807, 2.05) is 0 Å². The molecule has 2 amide bonds. The van der Waals surface area contributed by atoms with Crippen LogP contribution in [-0.4, -0.2) is 49.3 Å². The summed E-state index contributed by atoms with van der Waals surface area (Å²) in [7, 11) is 0. The number of hydrogen-bond acceptors (Lipinski definition) is 4. The summed E-state index contributed by atoms with van der Waals surface area (Å²) in [5.74, 6) is 0.601. The predicted molar refractivity (Wildman–Crippen MR) is 79.4 cm³/mol. The van der Waals surface area contributed by atoms with E-state index >= 15 is 0 Å². The van der Waals surface area contributed by atoms with Crippen LogP contribution in [0, 0.1) is 5.92 Å². The van der Waals surface area contributed by atoms with E-state index in [4.69, 9.17) is 9.47 Å². The zero-order chi connectivity index (χ0) is 13.9. The van der Waals surface area contributed by atoms with Gasteiger partial charge in [-0.3, -0.25) is 9.59 Å². The summed E-state index contributed by atoms with van der Waals surface area (Å²) >= 11 is 1.67. The van der Waals surface area contributed by atoms with E-state index in [1.54, 1.807) is 22.6 Å². The van der Waals surface area contributed by atoms with Gasteiger partial charge >= 0.3 is 0 Å². The molecule has 0 unspecified atom stereocenters. The fraction of sp³-hybridized carbons (Fsp3) is 0.833. The molecule has 0 saturated heterocycles. The lowest BCUT2D eigenvalue weighted by molar-refractivity contribution is -0.126. The van der Waals surface area contributed by atoms with Gasteiger partial charge in [-0.25, -0.2) is 0 Å². The van der Waals surface area contributed by atoms with E-state index in [0.29, 0.717) is 32.3 Å². The van der Waals surface area contributed by atoms with Crippen LogP contribution in [0.2, 0.25) is 0 Å². The van der Waals surface area contributed by atoms with Crippen LogP contribution in [0.15, 0.2) is 0 Å². The summed E-state index contributed by atoms with van der Waals surface area (Å²) in [5, 5.41) is 5.47. The Hall–Kier alpha value is -0.410. The van der Waals surface area contributed by atoms with E-state index in [1.165, 1.54) is 19.3 Å². The maximum Gasteiger partial charge on any atom is 0.280 e. The lowest BCUT2D eigenvalue weighted by Gasteiger charge is -2.25. The molecule has 0 bridgehead atoms. The Balaban J connectivity index is 1.79. The predicted octanol–water partition coefficient (Wildman–Crippen LogP) is 1.08. The third-order valence-electron chi connectivity index (χ3n) is 2.93. The average Bonchev–Trinajstić information content (AvgIpc) is 2.30. The van der Waals surface area contributed by atoms with E-state index in [9.17, 15) is 9.59 Å². The van der Waals surface area contributed by atoms with Gasteiger partial charge in [0, 0.05) is 35.7 Å². The molecule has 7 heteroatoms. The highest BCUT2D eigenvalue weighted by molar-refractivity contribution is 14.1. The Labute approximate surface area is 127 Å². The number of ether oxygens (including phenoxy) is 2. The van der Waals surface area contributed by atoms with Crippen LogP contribution in [0.5, 0.6) is 0 Å². The minimum atomic E-state index is -0.0967. The molecule has 0 spiro atoms. The van der Waals surface area contributed by atoms with Crippen LogP contribution in [0.25, 0.3) is 0 Å². The van der Waals surface area contributed by atoms with Crippen LogP contribution >= 0.6 is 22.6 Å². The zero-order valence-electron chi connectivity index (χ0n) is 11.0. The third-order valence-corrected chi connectivity index (χ3v) is 3.31. The molecular weight excluding hydrogens is 363 g/mol. The molecule has 0 aliphatic heterocycles. The fourth-order valence-corrected chi connectivity index (χ4v) is 1.88. The van der Waals surface area contributed by atoms with Crippen LogP contribution in [-0.2, 0) is 14.3 Å². The smallest absolute Gasteiger partial charge is 0.280 e. The van der Waals surface area contributed by atoms with Crippen molar-refractivity contribution in [2.24, 2.45) is 5.92 Å². The first-order valence-corrected chi connectivity index (χ1v) is 7.62. The Morgan fingerprint density at radius 3 is 2.47 bits per heavy atom. The zero-order valence-corrected chi connectivity index (χ0v) is 13.1. The highest BCUT2D eigenvalue weighted by Gasteiger charge is 2.17. The molecule has 1 rings (SSSR count). The second kappa shape index (κ2) is 10.4. The van der Waals surface area contributed by atoms with E-state index < -0.39 is 0 Å². The molecule has 1 aliphatic carbocycles. The third kappa shape index (κ3) is 9.17. The van der Waals surface area contributed by atoms with E-state index in [0.717, 1.165) is 6.54 Å². The molecule has 0 aromatic rings. The van der Waals surface area contributed by atoms with Crippen LogP contribution < -0.4 is 10.6 Å². The van der Waals surface area contributed by atoms with E-state index in [-0.39, 0.29) is 16.4 Å². The SMILES string of the molecule is O=C(I)NCCOCCOCC(=O)NCC1CCC1. The van der Waals surface area contributed by atoms with Crippen LogP contribution in [0.1, 0.15) is 19.3 Å². The number of carbonyl (C=O) groups is 2. The van der Waals surface area contributed by atoms with Crippen molar-refractivity contribution in [3.05, 3.63) is 0 Å². The summed E-state index contributed by atoms with van der Waals surface area (Å²) < 4.78 is 10.3. The van der Waals surface area contributed by atoms with Crippen LogP contribution in [0.4, 0.5) is 4.79 Å². The summed E-state index contributed by atoms with van der Waals surface area (Å²) in [4.78, 5) is 21.9. The molecule has 1 fully saturated rings. The Morgan fingerprint density at radius 2 is 1.84 bits per heavy atom. The van der Waals surface area contributed by atoms with Gasteiger partial charge < -0.3 is 20.1 Å². The van der Waals surface area contributed by atoms with Crippen LogP contribution in [0.3, 0.4) is 0 Å². The van der Waals surface area contributed by atoms with Crippen molar-refractivity contribution < 1.29 is 19.1 Å². The maximum atomic E-state index is 11.4. The first-order valence-electron chi connectivity index (χ1n) is 6.54. The normalized spacial score (nSPS) is 14.8. The molecule has 0 aromatic carbocycles. The van der Waals surface area contributed by atoms with Gasteiger partial charge in [-0.1, -0.05) is 6.42 Å². The highest BCUT2D eigenvalue weighted by atomic mass is 127. The van der Waals surface area contributed by atoms with Crippen molar-refractivity contribution in [1.82, 2.24) is 10.6 Å². The lowest BCUT2D eigenvalue weighted by Crippen LogP contribution is -2.34. The Bertz CT molecular complexity index is 285. The Morgan fingerprint density at radius 1 is 1.11 bits per heavy atom. The van der Waals surface area contributed by atoms with Crippen molar-refractivity contribution in [3.63, 3.8) is 0 Å².